The molecule has 3 nitrogen and oxygen atoms in total. The molecule has 0 heterocycles. The van der Waals surface area contributed by atoms with E-state index in [4.69, 9.17) is 21.8 Å². The zero-order valence-electron chi connectivity index (χ0n) is 25.0. The molecule has 0 aromatic heterocycles. The predicted octanol–water partition coefficient (Wildman–Crippen LogP) is 5.65. The molecule has 3 heteroatoms. The Balaban J connectivity index is 1.53. The molecule has 0 bridgehead atoms. The second kappa shape index (κ2) is 7.48. The molecular formula is C24H34O3. The van der Waals surface area contributed by atoms with E-state index in [0.29, 0.717) is 18.3 Å². The molecule has 148 valence electrons. The van der Waals surface area contributed by atoms with Crippen LogP contribution in [0.2, 0.25) is 0 Å². The summed E-state index contributed by atoms with van der Waals surface area (Å²) in [5.41, 5.74) is 2.23. The largest absolute Gasteiger partial charge is 0.497 e. The Hall–Kier alpha value is -1.51. The molecule has 0 radical (unpaired) electrons. The van der Waals surface area contributed by atoms with Gasteiger partial charge in [-0.3, -0.25) is 4.79 Å². The van der Waals surface area contributed by atoms with E-state index in [0.717, 1.165) is 37.9 Å². The van der Waals surface area contributed by atoms with Crippen molar-refractivity contribution < 1.29 is 26.6 Å². The van der Waals surface area contributed by atoms with Gasteiger partial charge in [0.15, 0.2) is 0 Å². The number of rotatable bonds is 5. The van der Waals surface area contributed by atoms with E-state index in [1.54, 1.807) is 7.11 Å². The van der Waals surface area contributed by atoms with E-state index < -0.39 is 43.5 Å². The first-order chi connectivity index (χ1) is 16.5. The first kappa shape index (κ1) is 10.9. The van der Waals surface area contributed by atoms with Crippen LogP contribution in [-0.2, 0) is 16.0 Å². The summed E-state index contributed by atoms with van der Waals surface area (Å²) in [5.74, 6) is 0.328. The SMILES string of the molecule is [2H]C([2H])([2H])C([2H])([2H])C([2H])([2H])C([2H])([2H])C(=O)O[C@H]1CCC2C3CCc4cc(OC)ccc4C3CC[C@@]21C. The Morgan fingerprint density at radius 1 is 1.33 bits per heavy atom. The second-order valence-electron chi connectivity index (χ2n) is 8.37. The molecule has 1 aromatic carbocycles. The van der Waals surface area contributed by atoms with Crippen molar-refractivity contribution in [1.82, 2.24) is 0 Å². The van der Waals surface area contributed by atoms with E-state index >= 15 is 0 Å². The fraction of sp³-hybridized carbons (Fsp3) is 0.708. The van der Waals surface area contributed by atoms with Gasteiger partial charge in [0, 0.05) is 24.1 Å². The van der Waals surface area contributed by atoms with Crippen LogP contribution in [0, 0.1) is 17.3 Å². The van der Waals surface area contributed by atoms with Crippen LogP contribution in [-0.4, -0.2) is 19.2 Å². The van der Waals surface area contributed by atoms with Gasteiger partial charge >= 0.3 is 5.97 Å². The van der Waals surface area contributed by atoms with Crippen LogP contribution in [0.25, 0.3) is 0 Å². The summed E-state index contributed by atoms with van der Waals surface area (Å²) in [6.45, 7) is -1.41. The lowest BCUT2D eigenvalue weighted by molar-refractivity contribution is -0.157. The number of methoxy groups -OCH3 is 1. The zero-order chi connectivity index (χ0) is 26.9. The summed E-state index contributed by atoms with van der Waals surface area (Å²) in [6, 6.07) is 6.24. The molecule has 3 unspecified atom stereocenters. The van der Waals surface area contributed by atoms with Gasteiger partial charge < -0.3 is 9.47 Å². The molecule has 3 aliphatic carbocycles. The Bertz CT molecular complexity index is 1020. The van der Waals surface area contributed by atoms with Crippen molar-refractivity contribution in [2.45, 2.75) is 83.4 Å². The number of esters is 1. The number of fused-ring (bicyclic) bond motifs is 5. The molecule has 5 atom stereocenters. The van der Waals surface area contributed by atoms with E-state index in [1.807, 2.05) is 13.0 Å². The van der Waals surface area contributed by atoms with Gasteiger partial charge in [0.05, 0.1) is 7.11 Å². The second-order valence-corrected chi connectivity index (χ2v) is 8.37. The molecule has 0 N–H and O–H groups in total. The summed E-state index contributed by atoms with van der Waals surface area (Å²) < 4.78 is 80.7. The van der Waals surface area contributed by atoms with Crippen LogP contribution in [0.1, 0.15) is 94.4 Å². The average Bonchev–Trinajstić information content (AvgIpc) is 3.13. The lowest BCUT2D eigenvalue weighted by Gasteiger charge is -2.50. The fourth-order valence-electron chi connectivity index (χ4n) is 6.07. The van der Waals surface area contributed by atoms with Crippen LogP contribution in [0.3, 0.4) is 0 Å². The number of carbonyl (C=O) groups is 1. The van der Waals surface area contributed by atoms with Crippen molar-refractivity contribution >= 4 is 5.97 Å². The number of ether oxygens (including phenoxy) is 2. The Morgan fingerprint density at radius 3 is 3.04 bits per heavy atom. The van der Waals surface area contributed by atoms with Crippen LogP contribution >= 0.6 is 0 Å². The monoisotopic (exact) mass is 379 g/mol. The summed E-state index contributed by atoms with van der Waals surface area (Å²) in [4.78, 5) is 13.0. The molecule has 0 spiro atoms. The maximum Gasteiger partial charge on any atom is 0.306 e. The highest BCUT2D eigenvalue weighted by Crippen LogP contribution is 2.61. The molecule has 1 aromatic rings. The molecular weight excluding hydrogens is 336 g/mol. The van der Waals surface area contributed by atoms with Gasteiger partial charge in [-0.1, -0.05) is 26.2 Å². The van der Waals surface area contributed by atoms with Crippen molar-refractivity contribution in [3.05, 3.63) is 29.3 Å². The average molecular weight is 380 g/mol. The molecule has 3 aliphatic rings. The highest BCUT2D eigenvalue weighted by atomic mass is 16.5. The number of benzene rings is 1. The molecule has 0 amide bonds. The van der Waals surface area contributed by atoms with Crippen LogP contribution in [0.15, 0.2) is 18.2 Å². The van der Waals surface area contributed by atoms with E-state index in [-0.39, 0.29) is 5.92 Å². The van der Waals surface area contributed by atoms with Gasteiger partial charge in [-0.05, 0) is 85.9 Å². The molecule has 4 rings (SSSR count). The van der Waals surface area contributed by atoms with E-state index in [2.05, 4.69) is 12.1 Å². The first-order valence-corrected chi connectivity index (χ1v) is 9.87. The highest BCUT2D eigenvalue weighted by molar-refractivity contribution is 5.69. The summed E-state index contributed by atoms with van der Waals surface area (Å²) in [5, 5.41) is 0. The van der Waals surface area contributed by atoms with Gasteiger partial charge in [0.2, 0.25) is 0 Å². The summed E-state index contributed by atoms with van der Waals surface area (Å²) in [7, 11) is 1.66. The van der Waals surface area contributed by atoms with Gasteiger partial charge in [0.25, 0.3) is 0 Å². The normalized spacial score (nSPS) is 41.3. The van der Waals surface area contributed by atoms with Gasteiger partial charge in [-0.25, -0.2) is 0 Å². The van der Waals surface area contributed by atoms with Gasteiger partial charge in [-0.2, -0.15) is 0 Å². The Labute approximate surface area is 176 Å². The van der Waals surface area contributed by atoms with Crippen molar-refractivity contribution in [3.8, 4) is 5.75 Å². The zero-order valence-corrected chi connectivity index (χ0v) is 16.0. The summed E-state index contributed by atoms with van der Waals surface area (Å²) >= 11 is 0. The fourth-order valence-corrected chi connectivity index (χ4v) is 6.07. The molecule has 2 saturated carbocycles. The highest BCUT2D eigenvalue weighted by Gasteiger charge is 2.56. The number of hydrogen-bond donors (Lipinski definition) is 0. The standard InChI is InChI=1S/C24H34O3/c1-4-5-6-23(25)27-22-12-11-21-20-9-7-16-15-17(26-3)8-10-18(16)19(20)13-14-24(21,22)2/h8,10,15,19-22H,4-7,9,11-14H2,1-3H3/t19?,20?,21?,22-,24-/m0/s1/i1D3,4D2,5D2,6D2. The third-order valence-electron chi connectivity index (χ3n) is 7.32. The van der Waals surface area contributed by atoms with Gasteiger partial charge in [-0.15, -0.1) is 0 Å². The van der Waals surface area contributed by atoms with Crippen molar-refractivity contribution in [2.75, 3.05) is 7.11 Å². The van der Waals surface area contributed by atoms with Crippen LogP contribution in [0.5, 0.6) is 5.75 Å². The van der Waals surface area contributed by atoms with E-state index in [9.17, 15) is 4.79 Å². The van der Waals surface area contributed by atoms with Crippen LogP contribution < -0.4 is 4.74 Å². The maximum atomic E-state index is 13.0. The topological polar surface area (TPSA) is 35.5 Å². The van der Waals surface area contributed by atoms with Crippen LogP contribution in [0.4, 0.5) is 0 Å². The minimum atomic E-state index is -3.63. The van der Waals surface area contributed by atoms with Crippen molar-refractivity contribution in [3.63, 3.8) is 0 Å². The lowest BCUT2D eigenvalue weighted by atomic mass is 9.55. The predicted molar refractivity (Wildman–Crippen MR) is 107 cm³/mol. The van der Waals surface area contributed by atoms with Crippen molar-refractivity contribution in [1.29, 1.82) is 0 Å². The molecule has 27 heavy (non-hydrogen) atoms. The summed E-state index contributed by atoms with van der Waals surface area (Å²) in [6.07, 6.45) is -6.48. The first-order valence-electron chi connectivity index (χ1n) is 14.4. The third-order valence-corrected chi connectivity index (χ3v) is 7.32. The van der Waals surface area contributed by atoms with Gasteiger partial charge in [0.1, 0.15) is 11.9 Å². The molecule has 0 aliphatic heterocycles. The minimum absolute atomic E-state index is 0.251. The van der Waals surface area contributed by atoms with E-state index in [1.165, 1.54) is 11.1 Å². The lowest BCUT2D eigenvalue weighted by Crippen LogP contribution is -2.45. The number of carbonyl (C=O) groups excluding carboxylic acids is 1. The molecule has 2 fully saturated rings. The Kier molecular flexibility index (Phi) is 3.02. The third kappa shape index (κ3) is 3.28. The number of aryl methyl sites for hydroxylation is 1. The molecule has 0 saturated heterocycles. The minimum Gasteiger partial charge on any atom is -0.497 e. The maximum absolute atomic E-state index is 13.0. The Morgan fingerprint density at radius 2 is 2.22 bits per heavy atom. The number of hydrogen-bond acceptors (Lipinski definition) is 3. The smallest absolute Gasteiger partial charge is 0.306 e. The van der Waals surface area contributed by atoms with Crippen molar-refractivity contribution in [2.24, 2.45) is 17.3 Å². The quantitative estimate of drug-likeness (QED) is 0.620.